The third-order valence-corrected chi connectivity index (χ3v) is 2.53. The highest BCUT2D eigenvalue weighted by molar-refractivity contribution is 7.98. The summed E-state index contributed by atoms with van der Waals surface area (Å²) in [7, 11) is 0. The van der Waals surface area contributed by atoms with Gasteiger partial charge in [0, 0.05) is 6.54 Å². The van der Waals surface area contributed by atoms with E-state index >= 15 is 0 Å². The molecule has 0 amide bonds. The van der Waals surface area contributed by atoms with Gasteiger partial charge in [0.2, 0.25) is 11.9 Å². The van der Waals surface area contributed by atoms with E-state index < -0.39 is 0 Å². The van der Waals surface area contributed by atoms with Crippen LogP contribution in [0.15, 0.2) is 16.8 Å². The van der Waals surface area contributed by atoms with Crippen LogP contribution in [0.5, 0.6) is 0 Å². The maximum Gasteiger partial charge on any atom is 0.245 e. The molecule has 0 atom stereocenters. The number of rotatable bonds is 3. The molecule has 6 nitrogen and oxygen atoms in total. The third kappa shape index (κ3) is 6.41. The zero-order valence-electron chi connectivity index (χ0n) is 11.6. The summed E-state index contributed by atoms with van der Waals surface area (Å²) in [6.07, 6.45) is 3.95. The number of hydrogen-bond acceptors (Lipinski definition) is 7. The summed E-state index contributed by atoms with van der Waals surface area (Å²) in [4.78, 5) is 11.9. The quantitative estimate of drug-likeness (QED) is 0.374. The lowest BCUT2D eigenvalue weighted by Crippen LogP contribution is -2.32. The second-order valence-corrected chi connectivity index (χ2v) is 4.41. The number of nitrogen functional groups attached to an aromatic ring is 1. The number of anilines is 2. The summed E-state index contributed by atoms with van der Waals surface area (Å²) in [5.41, 5.74) is 6.85. The van der Waals surface area contributed by atoms with E-state index in [0.29, 0.717) is 17.6 Å². The fourth-order valence-corrected chi connectivity index (χ4v) is 1.08. The smallest absolute Gasteiger partial charge is 0.245 e. The molecule has 1 heterocycles. The lowest BCUT2D eigenvalue weighted by Gasteiger charge is -2.13. The van der Waals surface area contributed by atoms with Gasteiger partial charge >= 0.3 is 0 Å². The molecule has 0 radical (unpaired) electrons. The second kappa shape index (κ2) is 8.71. The van der Waals surface area contributed by atoms with Crippen LogP contribution >= 0.6 is 11.8 Å². The van der Waals surface area contributed by atoms with Crippen molar-refractivity contribution in [3.8, 4) is 0 Å². The first-order valence-electron chi connectivity index (χ1n) is 5.61. The number of allylic oxidation sites excluding steroid dienone is 2. The van der Waals surface area contributed by atoms with Crippen LogP contribution in [0.4, 0.5) is 11.9 Å². The first-order valence-corrected chi connectivity index (χ1v) is 6.84. The lowest BCUT2D eigenvalue weighted by atomic mass is 10.3. The van der Waals surface area contributed by atoms with Gasteiger partial charge in [-0.3, -0.25) is 5.01 Å². The van der Waals surface area contributed by atoms with Crippen molar-refractivity contribution in [1.29, 1.82) is 0 Å². The van der Waals surface area contributed by atoms with Crippen LogP contribution in [0.1, 0.15) is 27.7 Å². The van der Waals surface area contributed by atoms with Crippen LogP contribution in [0.3, 0.4) is 0 Å². The highest BCUT2D eigenvalue weighted by atomic mass is 32.2. The normalized spacial score (nSPS) is 9.22. The Labute approximate surface area is 113 Å². The van der Waals surface area contributed by atoms with Crippen molar-refractivity contribution in [2.45, 2.75) is 32.9 Å². The van der Waals surface area contributed by atoms with Gasteiger partial charge in [0.05, 0.1) is 0 Å². The van der Waals surface area contributed by atoms with E-state index in [-0.39, 0.29) is 5.95 Å². The van der Waals surface area contributed by atoms with E-state index in [1.54, 1.807) is 0 Å². The highest BCUT2D eigenvalue weighted by Gasteiger charge is 2.06. The third-order valence-electron chi connectivity index (χ3n) is 1.98. The summed E-state index contributed by atoms with van der Waals surface area (Å²) in [6, 6.07) is 0. The van der Waals surface area contributed by atoms with E-state index in [2.05, 4.69) is 34.9 Å². The molecule has 102 valence electrons. The number of thioether (sulfide) groups is 1. The maximum absolute atomic E-state index is 5.60. The van der Waals surface area contributed by atoms with Crippen molar-refractivity contribution in [2.75, 3.05) is 23.5 Å². The summed E-state index contributed by atoms with van der Waals surface area (Å²) in [5.74, 6) is 6.20. The zero-order chi connectivity index (χ0) is 14.1. The fourth-order valence-electron chi connectivity index (χ4n) is 0.722. The molecule has 0 bridgehead atoms. The Bertz CT molecular complexity index is 389. The highest BCUT2D eigenvalue weighted by Crippen LogP contribution is 2.12. The lowest BCUT2D eigenvalue weighted by molar-refractivity contribution is 0.798. The Morgan fingerprint density at radius 2 is 1.89 bits per heavy atom. The van der Waals surface area contributed by atoms with Gasteiger partial charge in [0.25, 0.3) is 0 Å². The Morgan fingerprint density at radius 3 is 2.28 bits per heavy atom. The standard InChI is InChI=1S/C6H12N6S.C5H10/c1-3-12(8)5-9-4(7)10-6(11-5)13-2;1-4-5(2)3/h3,8H2,1-2H3,(H2,7,9,10,11);4H,1-3H3. The molecule has 0 spiro atoms. The topological polar surface area (TPSA) is 94.0 Å². The molecule has 0 aliphatic carbocycles. The van der Waals surface area contributed by atoms with Gasteiger partial charge in [0.15, 0.2) is 5.16 Å². The minimum Gasteiger partial charge on any atom is -0.368 e. The Morgan fingerprint density at radius 1 is 1.33 bits per heavy atom. The molecular formula is C11H22N6S. The minimum absolute atomic E-state index is 0.193. The molecule has 18 heavy (non-hydrogen) atoms. The van der Waals surface area contributed by atoms with Crippen LogP contribution in [0.25, 0.3) is 0 Å². The van der Waals surface area contributed by atoms with Gasteiger partial charge in [-0.1, -0.05) is 23.4 Å². The number of hydrazine groups is 1. The van der Waals surface area contributed by atoms with Crippen molar-refractivity contribution >= 4 is 23.7 Å². The van der Waals surface area contributed by atoms with Gasteiger partial charge in [-0.2, -0.15) is 15.0 Å². The van der Waals surface area contributed by atoms with Crippen molar-refractivity contribution in [3.63, 3.8) is 0 Å². The molecule has 7 heteroatoms. The molecule has 0 saturated carbocycles. The molecule has 0 aliphatic heterocycles. The molecule has 0 unspecified atom stereocenters. The van der Waals surface area contributed by atoms with Crippen LogP contribution in [0, 0.1) is 0 Å². The van der Waals surface area contributed by atoms with Gasteiger partial charge in [0.1, 0.15) is 0 Å². The summed E-state index contributed by atoms with van der Waals surface area (Å²) < 4.78 is 0. The number of aromatic nitrogens is 3. The first-order chi connectivity index (χ1) is 8.44. The predicted molar refractivity (Wildman–Crippen MR) is 78.3 cm³/mol. The maximum atomic E-state index is 5.60. The molecule has 0 fully saturated rings. The van der Waals surface area contributed by atoms with Crippen molar-refractivity contribution in [2.24, 2.45) is 5.84 Å². The summed E-state index contributed by atoms with van der Waals surface area (Å²) >= 11 is 1.40. The Balaban J connectivity index is 0.000000494. The average molecular weight is 270 g/mol. The molecule has 0 aromatic carbocycles. The first kappa shape index (κ1) is 16.7. The van der Waals surface area contributed by atoms with E-state index in [4.69, 9.17) is 11.6 Å². The van der Waals surface area contributed by atoms with Crippen molar-refractivity contribution in [1.82, 2.24) is 15.0 Å². The van der Waals surface area contributed by atoms with E-state index in [1.165, 1.54) is 22.3 Å². The zero-order valence-corrected chi connectivity index (χ0v) is 12.5. The molecule has 1 aromatic heterocycles. The number of nitrogens with two attached hydrogens (primary N) is 2. The fraction of sp³-hybridized carbons (Fsp3) is 0.545. The molecule has 0 saturated heterocycles. The molecule has 0 aliphatic rings. The van der Waals surface area contributed by atoms with Gasteiger partial charge < -0.3 is 5.73 Å². The average Bonchev–Trinajstić information content (AvgIpc) is 2.37. The predicted octanol–water partition coefficient (Wildman–Crippen LogP) is 1.85. The monoisotopic (exact) mass is 270 g/mol. The SMILES string of the molecule is CC=C(C)C.CCN(N)c1nc(N)nc(SC)n1. The largest absolute Gasteiger partial charge is 0.368 e. The van der Waals surface area contributed by atoms with Crippen molar-refractivity contribution in [3.05, 3.63) is 11.6 Å². The van der Waals surface area contributed by atoms with Crippen LogP contribution < -0.4 is 16.6 Å². The minimum atomic E-state index is 0.193. The molecule has 1 rings (SSSR count). The van der Waals surface area contributed by atoms with E-state index in [0.717, 1.165) is 0 Å². The molecular weight excluding hydrogens is 248 g/mol. The number of hydrogen-bond donors (Lipinski definition) is 2. The van der Waals surface area contributed by atoms with Crippen LogP contribution in [0.2, 0.25) is 0 Å². The van der Waals surface area contributed by atoms with Gasteiger partial charge in [-0.15, -0.1) is 0 Å². The van der Waals surface area contributed by atoms with Gasteiger partial charge in [-0.25, -0.2) is 5.84 Å². The summed E-state index contributed by atoms with van der Waals surface area (Å²) in [6.45, 7) is 8.73. The molecule has 4 N–H and O–H groups in total. The summed E-state index contributed by atoms with van der Waals surface area (Å²) in [5, 5.41) is 1.99. The van der Waals surface area contributed by atoms with Crippen molar-refractivity contribution < 1.29 is 0 Å². The Hall–Kier alpha value is -1.34. The molecule has 1 aromatic rings. The Kier molecular flexibility index (Phi) is 8.06. The number of nitrogens with zero attached hydrogens (tertiary/aromatic N) is 4. The second-order valence-electron chi connectivity index (χ2n) is 3.63. The van der Waals surface area contributed by atoms with E-state index in [1.807, 2.05) is 20.1 Å². The van der Waals surface area contributed by atoms with Crippen LogP contribution in [-0.4, -0.2) is 27.8 Å². The van der Waals surface area contributed by atoms with Crippen LogP contribution in [-0.2, 0) is 0 Å². The van der Waals surface area contributed by atoms with Gasteiger partial charge in [-0.05, 0) is 34.0 Å². The van der Waals surface area contributed by atoms with E-state index in [9.17, 15) is 0 Å².